The normalized spacial score (nSPS) is 16.8. The molecular formula is C22H32N2O4S. The van der Waals surface area contributed by atoms with Gasteiger partial charge < -0.3 is 24.8 Å². The zero-order chi connectivity index (χ0) is 21.6. The molecule has 0 amide bonds. The van der Waals surface area contributed by atoms with Crippen LogP contribution < -0.4 is 20.1 Å². The van der Waals surface area contributed by atoms with E-state index in [0.29, 0.717) is 35.3 Å². The van der Waals surface area contributed by atoms with Crippen molar-refractivity contribution in [2.75, 3.05) is 13.2 Å². The number of carbonyl (C=O) groups is 1. The summed E-state index contributed by atoms with van der Waals surface area (Å²) in [5, 5.41) is 6.68. The maximum atomic E-state index is 13.0. The minimum atomic E-state index is -0.605. The largest absolute Gasteiger partial charge is 0.493 e. The first kappa shape index (κ1) is 23.0. The Morgan fingerprint density at radius 3 is 2.41 bits per heavy atom. The molecule has 160 valence electrons. The second kappa shape index (κ2) is 9.96. The number of rotatable bonds is 8. The average Bonchev–Trinajstić information content (AvgIpc) is 2.62. The van der Waals surface area contributed by atoms with Crippen molar-refractivity contribution in [1.29, 1.82) is 0 Å². The number of allylic oxidation sites excluding steroid dienone is 1. The Balaban J connectivity index is 2.48. The second-order valence-corrected chi connectivity index (χ2v) is 8.38. The maximum absolute atomic E-state index is 13.0. The van der Waals surface area contributed by atoms with Gasteiger partial charge in [0.25, 0.3) is 0 Å². The van der Waals surface area contributed by atoms with Crippen molar-refractivity contribution < 1.29 is 19.0 Å². The van der Waals surface area contributed by atoms with Crippen molar-refractivity contribution >= 4 is 23.3 Å². The molecule has 0 unspecified atom stereocenters. The lowest BCUT2D eigenvalue weighted by molar-refractivity contribution is -0.150. The van der Waals surface area contributed by atoms with E-state index >= 15 is 0 Å². The molecule has 0 fully saturated rings. The predicted octanol–water partition coefficient (Wildman–Crippen LogP) is 4.40. The van der Waals surface area contributed by atoms with Crippen LogP contribution in [0.4, 0.5) is 0 Å². The minimum Gasteiger partial charge on any atom is -0.493 e. The first-order chi connectivity index (χ1) is 13.7. The number of ether oxygens (including phenoxy) is 3. The van der Waals surface area contributed by atoms with Gasteiger partial charge in [0.15, 0.2) is 5.11 Å². The molecule has 0 saturated heterocycles. The average molecular weight is 421 g/mol. The summed E-state index contributed by atoms with van der Waals surface area (Å²) in [6, 6.07) is 5.19. The Bertz CT molecular complexity index is 784. The predicted molar refractivity (Wildman–Crippen MR) is 118 cm³/mol. The lowest BCUT2D eigenvalue weighted by Gasteiger charge is -2.32. The van der Waals surface area contributed by atoms with Crippen molar-refractivity contribution in [3.63, 3.8) is 0 Å². The molecule has 1 aromatic carbocycles. The molecule has 1 heterocycles. The van der Waals surface area contributed by atoms with Crippen LogP contribution in [0.3, 0.4) is 0 Å². The monoisotopic (exact) mass is 420 g/mol. The molecule has 2 rings (SSSR count). The maximum Gasteiger partial charge on any atom is 0.338 e. The molecule has 1 aliphatic rings. The van der Waals surface area contributed by atoms with Gasteiger partial charge in [0.1, 0.15) is 17.1 Å². The summed E-state index contributed by atoms with van der Waals surface area (Å²) in [7, 11) is 0. The van der Waals surface area contributed by atoms with E-state index < -0.39 is 17.6 Å². The fourth-order valence-corrected chi connectivity index (χ4v) is 3.20. The zero-order valence-corrected chi connectivity index (χ0v) is 19.0. The molecule has 0 radical (unpaired) electrons. The molecule has 1 aliphatic heterocycles. The third kappa shape index (κ3) is 6.35. The number of nitrogens with one attached hydrogen (secondary N) is 2. The van der Waals surface area contributed by atoms with Crippen LogP contribution in [-0.4, -0.2) is 29.9 Å². The summed E-state index contributed by atoms with van der Waals surface area (Å²) < 4.78 is 17.4. The molecule has 0 aromatic heterocycles. The summed E-state index contributed by atoms with van der Waals surface area (Å²) in [6.45, 7) is 12.7. The molecule has 6 nitrogen and oxygen atoms in total. The van der Waals surface area contributed by atoms with Gasteiger partial charge in [-0.05, 0) is 64.9 Å². The van der Waals surface area contributed by atoms with Crippen LogP contribution in [0.5, 0.6) is 11.5 Å². The van der Waals surface area contributed by atoms with Gasteiger partial charge in [0.05, 0.1) is 24.8 Å². The second-order valence-electron chi connectivity index (χ2n) is 7.97. The Kier molecular flexibility index (Phi) is 7.90. The van der Waals surface area contributed by atoms with Crippen molar-refractivity contribution in [2.45, 2.75) is 66.0 Å². The van der Waals surface area contributed by atoms with E-state index in [-0.39, 0.29) is 0 Å². The molecular weight excluding hydrogens is 388 g/mol. The minimum absolute atomic E-state index is 0.393. The van der Waals surface area contributed by atoms with Gasteiger partial charge in [0.2, 0.25) is 0 Å². The molecule has 7 heteroatoms. The fourth-order valence-electron chi connectivity index (χ4n) is 2.93. The number of benzene rings is 1. The molecule has 29 heavy (non-hydrogen) atoms. The molecule has 0 aliphatic carbocycles. The summed E-state index contributed by atoms with van der Waals surface area (Å²) in [5.74, 6) is 1.00. The molecule has 2 N–H and O–H groups in total. The van der Waals surface area contributed by atoms with Gasteiger partial charge >= 0.3 is 5.97 Å². The quantitative estimate of drug-likeness (QED) is 0.477. The molecule has 1 aromatic rings. The fraction of sp³-hybridized carbons (Fsp3) is 0.545. The third-order valence-corrected chi connectivity index (χ3v) is 4.34. The van der Waals surface area contributed by atoms with Gasteiger partial charge in [-0.2, -0.15) is 0 Å². The standard InChI is InChI=1S/C22H32N2O4S/c1-7-11-26-15-9-10-16(17(13-15)27-12-8-2)19-18(14(3)23-21(29)24-19)20(25)28-22(4,5)6/h9-10,13,19H,7-8,11-12H2,1-6H3,(H2,23,24,29)/t19-/m1/s1. The Morgan fingerprint density at radius 1 is 1.14 bits per heavy atom. The number of thiocarbonyl (C=S) groups is 1. The Labute approximate surface area is 179 Å². The highest BCUT2D eigenvalue weighted by Crippen LogP contribution is 2.36. The van der Waals surface area contributed by atoms with Crippen LogP contribution in [0.15, 0.2) is 29.5 Å². The lowest BCUT2D eigenvalue weighted by atomic mass is 9.94. The number of esters is 1. The van der Waals surface area contributed by atoms with Gasteiger partial charge in [-0.25, -0.2) is 4.79 Å². The molecule has 0 bridgehead atoms. The van der Waals surface area contributed by atoms with E-state index in [1.54, 1.807) is 0 Å². The van der Waals surface area contributed by atoms with Gasteiger partial charge in [0, 0.05) is 17.3 Å². The highest BCUT2D eigenvalue weighted by atomic mass is 32.1. The topological polar surface area (TPSA) is 68.8 Å². The highest BCUT2D eigenvalue weighted by molar-refractivity contribution is 7.80. The molecule has 0 saturated carbocycles. The van der Waals surface area contributed by atoms with Gasteiger partial charge in [-0.15, -0.1) is 0 Å². The van der Waals surface area contributed by atoms with E-state index in [9.17, 15) is 4.79 Å². The van der Waals surface area contributed by atoms with E-state index in [2.05, 4.69) is 17.6 Å². The van der Waals surface area contributed by atoms with E-state index in [4.69, 9.17) is 26.4 Å². The Hall–Kier alpha value is -2.28. The van der Waals surface area contributed by atoms with E-state index in [1.807, 2.05) is 52.8 Å². The van der Waals surface area contributed by atoms with Crippen LogP contribution in [-0.2, 0) is 9.53 Å². The smallest absolute Gasteiger partial charge is 0.338 e. The number of hydrogen-bond acceptors (Lipinski definition) is 5. The zero-order valence-electron chi connectivity index (χ0n) is 18.2. The van der Waals surface area contributed by atoms with E-state index in [1.165, 1.54) is 0 Å². The Morgan fingerprint density at radius 2 is 1.79 bits per heavy atom. The van der Waals surface area contributed by atoms with Crippen molar-refractivity contribution in [1.82, 2.24) is 10.6 Å². The van der Waals surface area contributed by atoms with E-state index in [0.717, 1.165) is 24.2 Å². The summed E-state index contributed by atoms with van der Waals surface area (Å²) in [5.41, 5.74) is 1.36. The van der Waals surface area contributed by atoms with Crippen LogP contribution in [0.1, 0.15) is 66.0 Å². The molecule has 1 atom stereocenters. The van der Waals surface area contributed by atoms with Crippen LogP contribution in [0.2, 0.25) is 0 Å². The summed E-state index contributed by atoms with van der Waals surface area (Å²) in [4.78, 5) is 13.0. The van der Waals surface area contributed by atoms with Crippen LogP contribution >= 0.6 is 12.2 Å². The van der Waals surface area contributed by atoms with Crippen LogP contribution in [0, 0.1) is 0 Å². The number of carbonyl (C=O) groups excluding carboxylic acids is 1. The lowest BCUT2D eigenvalue weighted by Crippen LogP contribution is -2.46. The van der Waals surface area contributed by atoms with Gasteiger partial charge in [-0.1, -0.05) is 13.8 Å². The van der Waals surface area contributed by atoms with Gasteiger partial charge in [-0.3, -0.25) is 0 Å². The van der Waals surface area contributed by atoms with Crippen molar-refractivity contribution in [3.8, 4) is 11.5 Å². The third-order valence-electron chi connectivity index (χ3n) is 4.12. The summed E-state index contributed by atoms with van der Waals surface area (Å²) in [6.07, 6.45) is 1.78. The SMILES string of the molecule is CCCOc1ccc([C@H]2NC(=S)NC(C)=C2C(=O)OC(C)(C)C)c(OCCC)c1. The first-order valence-electron chi connectivity index (χ1n) is 10.1. The molecule has 0 spiro atoms. The number of hydrogen-bond donors (Lipinski definition) is 2. The van der Waals surface area contributed by atoms with Crippen LogP contribution in [0.25, 0.3) is 0 Å². The van der Waals surface area contributed by atoms with Crippen molar-refractivity contribution in [3.05, 3.63) is 35.0 Å². The van der Waals surface area contributed by atoms with Crippen molar-refractivity contribution in [2.24, 2.45) is 0 Å². The highest BCUT2D eigenvalue weighted by Gasteiger charge is 2.34. The first-order valence-corrected chi connectivity index (χ1v) is 10.5. The summed E-state index contributed by atoms with van der Waals surface area (Å²) >= 11 is 5.35.